The Kier molecular flexibility index (Phi) is 4.49. The minimum atomic E-state index is -0.0392. The molecule has 0 fully saturated rings. The van der Waals surface area contributed by atoms with E-state index in [-0.39, 0.29) is 5.41 Å². The van der Waals surface area contributed by atoms with Crippen LogP contribution in [0.3, 0.4) is 0 Å². The van der Waals surface area contributed by atoms with Crippen molar-refractivity contribution in [1.82, 2.24) is 0 Å². The monoisotopic (exact) mass is 498 g/mol. The first kappa shape index (κ1) is 20.6. The zero-order valence-electron chi connectivity index (χ0n) is 19.2. The minimum absolute atomic E-state index is 0.0392. The van der Waals surface area contributed by atoms with E-state index in [0.29, 0.717) is 11.2 Å². The van der Waals surface area contributed by atoms with Crippen LogP contribution in [0.15, 0.2) is 104 Å². The minimum Gasteiger partial charge on any atom is -0.118 e. The van der Waals surface area contributed by atoms with E-state index in [4.69, 9.17) is 0 Å². The van der Waals surface area contributed by atoms with Crippen LogP contribution in [-0.2, 0) is 0 Å². The molecule has 4 aliphatic rings. The lowest BCUT2D eigenvalue weighted by molar-refractivity contribution is 0.398. The van der Waals surface area contributed by atoms with Crippen LogP contribution < -0.4 is 0 Å². The van der Waals surface area contributed by atoms with E-state index in [9.17, 15) is 0 Å². The van der Waals surface area contributed by atoms with Gasteiger partial charge in [0.2, 0.25) is 0 Å². The Balaban J connectivity index is 1.50. The maximum atomic E-state index is 4.02. The predicted molar refractivity (Wildman–Crippen MR) is 142 cm³/mol. The zero-order chi connectivity index (χ0) is 22.4. The molecule has 3 aliphatic carbocycles. The van der Waals surface area contributed by atoms with Crippen LogP contribution >= 0.6 is 27.7 Å². The van der Waals surface area contributed by atoms with Crippen LogP contribution in [0.5, 0.6) is 0 Å². The molecule has 160 valence electrons. The van der Waals surface area contributed by atoms with E-state index >= 15 is 0 Å². The fraction of sp³-hybridized carbons (Fsp3) is 0.267. The van der Waals surface area contributed by atoms with E-state index < -0.39 is 0 Å². The molecule has 32 heavy (non-hydrogen) atoms. The summed E-state index contributed by atoms with van der Waals surface area (Å²) in [6.45, 7) is 11.7. The van der Waals surface area contributed by atoms with Crippen LogP contribution in [0, 0.1) is 5.41 Å². The number of fused-ring (bicyclic) bond motifs is 5. The Bertz CT molecular complexity index is 1310. The molecule has 2 aromatic carbocycles. The quantitative estimate of drug-likeness (QED) is 0.397. The fourth-order valence-electron chi connectivity index (χ4n) is 6.45. The molecule has 0 aromatic heterocycles. The van der Waals surface area contributed by atoms with Gasteiger partial charge in [-0.15, -0.1) is 11.8 Å². The number of hydrogen-bond donors (Lipinski definition) is 0. The molecule has 0 radical (unpaired) electrons. The zero-order valence-corrected chi connectivity index (χ0v) is 21.6. The number of thioether (sulfide) groups is 1. The topological polar surface area (TPSA) is 0 Å². The first-order valence-electron chi connectivity index (χ1n) is 11.4. The number of hydrogen-bond acceptors (Lipinski definition) is 1. The molecule has 0 N–H and O–H groups in total. The van der Waals surface area contributed by atoms with Crippen molar-refractivity contribution in [2.75, 3.05) is 0 Å². The second-order valence-electron chi connectivity index (χ2n) is 9.97. The van der Waals surface area contributed by atoms with Crippen molar-refractivity contribution in [2.45, 2.75) is 45.8 Å². The highest BCUT2D eigenvalue weighted by Crippen LogP contribution is 2.61. The summed E-state index contributed by atoms with van der Waals surface area (Å²) in [7, 11) is 0. The first-order chi connectivity index (χ1) is 15.3. The molecule has 6 rings (SSSR count). The Morgan fingerprint density at radius 2 is 1.44 bits per heavy atom. The summed E-state index contributed by atoms with van der Waals surface area (Å²) >= 11 is 6.02. The Morgan fingerprint density at radius 3 is 2.06 bits per heavy atom. The highest BCUT2D eigenvalue weighted by atomic mass is 79.9. The molecule has 0 saturated carbocycles. The average molecular weight is 500 g/mol. The maximum absolute atomic E-state index is 4.02. The van der Waals surface area contributed by atoms with Gasteiger partial charge in [0.25, 0.3) is 0 Å². The van der Waals surface area contributed by atoms with Gasteiger partial charge in [0.15, 0.2) is 0 Å². The van der Waals surface area contributed by atoms with Crippen LogP contribution in [0.2, 0.25) is 0 Å². The molecule has 0 amide bonds. The molecule has 0 nitrogen and oxygen atoms in total. The van der Waals surface area contributed by atoms with Crippen LogP contribution in [0.25, 0.3) is 11.1 Å². The summed E-state index contributed by atoms with van der Waals surface area (Å²) < 4.78 is 1.29. The van der Waals surface area contributed by atoms with Gasteiger partial charge in [0.1, 0.15) is 0 Å². The highest BCUT2D eigenvalue weighted by molar-refractivity contribution is 9.12. The number of halogens is 1. The van der Waals surface area contributed by atoms with Gasteiger partial charge in [0, 0.05) is 15.8 Å². The number of benzene rings is 2. The largest absolute Gasteiger partial charge is 0.118 e. The first-order valence-corrected chi connectivity index (χ1v) is 13.1. The summed E-state index contributed by atoms with van der Waals surface area (Å²) in [4.78, 5) is 1.44. The van der Waals surface area contributed by atoms with Gasteiger partial charge in [-0.3, -0.25) is 0 Å². The predicted octanol–water partition coefficient (Wildman–Crippen LogP) is 9.08. The van der Waals surface area contributed by atoms with Crippen molar-refractivity contribution in [3.63, 3.8) is 0 Å². The van der Waals surface area contributed by atoms with Crippen LogP contribution in [-0.4, -0.2) is 5.25 Å². The number of rotatable bonds is 2. The third kappa shape index (κ3) is 2.63. The molecule has 2 aromatic rings. The van der Waals surface area contributed by atoms with E-state index in [1.54, 1.807) is 0 Å². The van der Waals surface area contributed by atoms with Crippen molar-refractivity contribution in [3.8, 4) is 11.1 Å². The van der Waals surface area contributed by atoms with Gasteiger partial charge in [0.05, 0.1) is 5.25 Å². The summed E-state index contributed by atoms with van der Waals surface area (Å²) in [5.74, 6) is 0.343. The normalized spacial score (nSPS) is 22.1. The van der Waals surface area contributed by atoms with Crippen molar-refractivity contribution in [2.24, 2.45) is 5.41 Å². The third-order valence-corrected chi connectivity index (χ3v) is 9.97. The Hall–Kier alpha value is -2.03. The van der Waals surface area contributed by atoms with Gasteiger partial charge in [-0.25, -0.2) is 0 Å². The number of allylic oxidation sites excluding steroid dienone is 8. The molecule has 1 atom stereocenters. The van der Waals surface area contributed by atoms with Gasteiger partial charge >= 0.3 is 0 Å². The molecule has 1 unspecified atom stereocenters. The van der Waals surface area contributed by atoms with E-state index in [1.165, 1.54) is 65.1 Å². The van der Waals surface area contributed by atoms with Crippen LogP contribution in [0.1, 0.15) is 51.7 Å². The molecule has 1 aliphatic heterocycles. The van der Waals surface area contributed by atoms with Gasteiger partial charge in [-0.1, -0.05) is 68.5 Å². The van der Waals surface area contributed by atoms with Crippen molar-refractivity contribution < 1.29 is 0 Å². The van der Waals surface area contributed by atoms with E-state index in [2.05, 4.69) is 111 Å². The standard InChI is InChI=1S/C30H27BrS/c1-16-14-24-23(15-25-26(29(24)31)17(2)18(3)32-25)27(16)30(4,5)28-21-12-8-6-10-19(21)20-11-7-9-13-22(20)28/h6-15,25,28H,1-5H3. The van der Waals surface area contributed by atoms with Crippen molar-refractivity contribution >= 4 is 27.7 Å². The van der Waals surface area contributed by atoms with Crippen molar-refractivity contribution in [1.29, 1.82) is 0 Å². The molecule has 0 saturated heterocycles. The third-order valence-electron chi connectivity index (χ3n) is 7.83. The van der Waals surface area contributed by atoms with Gasteiger partial charge < -0.3 is 0 Å². The summed E-state index contributed by atoms with van der Waals surface area (Å²) in [6, 6.07) is 18.0. The lowest BCUT2D eigenvalue weighted by atomic mass is 9.66. The second-order valence-corrected chi connectivity index (χ2v) is 12.1. The lowest BCUT2D eigenvalue weighted by Gasteiger charge is -2.38. The van der Waals surface area contributed by atoms with E-state index in [1.807, 2.05) is 11.8 Å². The summed E-state index contributed by atoms with van der Waals surface area (Å²) in [5, 5.41) is 0.413. The average Bonchev–Trinajstić information content (AvgIpc) is 3.38. The smallest absolute Gasteiger partial charge is 0.0544 e. The van der Waals surface area contributed by atoms with Gasteiger partial charge in [-0.05, 0) is 103 Å². The maximum Gasteiger partial charge on any atom is 0.0544 e. The Morgan fingerprint density at radius 1 is 0.844 bits per heavy atom. The van der Waals surface area contributed by atoms with Gasteiger partial charge in [-0.2, -0.15) is 0 Å². The fourth-order valence-corrected chi connectivity index (χ4v) is 8.75. The molecular weight excluding hydrogens is 472 g/mol. The molecule has 0 spiro atoms. The molecule has 2 heteroatoms. The molecule has 1 heterocycles. The van der Waals surface area contributed by atoms with Crippen molar-refractivity contribution in [3.05, 3.63) is 115 Å². The van der Waals surface area contributed by atoms with E-state index in [0.717, 1.165) is 0 Å². The highest BCUT2D eigenvalue weighted by Gasteiger charge is 2.46. The SMILES string of the molecule is CC1=C(C(C)(C)C2c3ccccc3-c3ccccc32)C2=CC3SC(C)=C(C)C3=C(Br)C2=C1. The summed E-state index contributed by atoms with van der Waals surface area (Å²) in [5.41, 5.74) is 14.3. The lowest BCUT2D eigenvalue weighted by Crippen LogP contribution is -2.26. The van der Waals surface area contributed by atoms with Crippen LogP contribution in [0.4, 0.5) is 0 Å². The molecule has 0 bridgehead atoms. The summed E-state index contributed by atoms with van der Waals surface area (Å²) in [6.07, 6.45) is 4.95. The molecular formula is C30H27BrS. The second kappa shape index (κ2) is 6.98. The Labute approximate surface area is 204 Å².